The van der Waals surface area contributed by atoms with Crippen LogP contribution < -0.4 is 70.8 Å². The number of aromatic amines is 2. The molecule has 0 spiro atoms. The number of carboxylic acids is 2. The second-order valence-corrected chi connectivity index (χ2v) is 28.9. The summed E-state index contributed by atoms with van der Waals surface area (Å²) in [6.07, 6.45) is 3.49. The molecule has 576 valence electrons. The van der Waals surface area contributed by atoms with Crippen molar-refractivity contribution in [2.45, 2.75) is 170 Å². The van der Waals surface area contributed by atoms with Crippen molar-refractivity contribution in [2.75, 3.05) is 44.2 Å². The van der Waals surface area contributed by atoms with Gasteiger partial charge in [-0.05, 0) is 98.7 Å². The Balaban J connectivity index is 1.14. The van der Waals surface area contributed by atoms with Gasteiger partial charge in [0.05, 0.1) is 43.1 Å². The number of unbranched alkanes of at least 4 members (excludes halogenated alkanes) is 1. The number of ketones is 1. The molecule has 8 rings (SSSR count). The molecule has 3 fully saturated rings. The summed E-state index contributed by atoms with van der Waals surface area (Å²) in [6, 6.07) is 4.03. The van der Waals surface area contributed by atoms with Crippen LogP contribution in [0.25, 0.3) is 21.7 Å². The summed E-state index contributed by atoms with van der Waals surface area (Å²) in [5.41, 5.74) is 25.0. The van der Waals surface area contributed by atoms with Crippen LogP contribution >= 0.6 is 21.6 Å². The van der Waals surface area contributed by atoms with Crippen molar-refractivity contribution in [3.63, 3.8) is 0 Å². The van der Waals surface area contributed by atoms with Crippen molar-refractivity contribution in [2.24, 2.45) is 27.9 Å². The van der Waals surface area contributed by atoms with Crippen LogP contribution in [0, 0.1) is 0 Å². The number of rotatable bonds is 26. The molecule has 5 heterocycles. The maximum Gasteiger partial charge on any atom is 0.305 e. The van der Waals surface area contributed by atoms with Gasteiger partial charge in [0.1, 0.15) is 48.3 Å². The molecule has 0 aliphatic carbocycles. The van der Waals surface area contributed by atoms with Crippen LogP contribution in [0.3, 0.4) is 0 Å². The summed E-state index contributed by atoms with van der Waals surface area (Å²) in [5.74, 6) is -13.8. The van der Waals surface area contributed by atoms with Crippen molar-refractivity contribution in [3.8, 4) is 0 Å². The number of nitrogens with two attached hydrogens (primary N) is 4. The molecule has 35 nitrogen and oxygen atoms in total. The molecule has 107 heavy (non-hydrogen) atoms. The van der Waals surface area contributed by atoms with E-state index in [0.717, 1.165) is 39.3 Å². The van der Waals surface area contributed by atoms with Crippen LogP contribution in [0.4, 0.5) is 0 Å². The number of para-hydroxylation sites is 1. The molecule has 11 amide bonds. The molecule has 2 aromatic heterocycles. The van der Waals surface area contributed by atoms with Gasteiger partial charge in [-0.3, -0.25) is 72.1 Å². The van der Waals surface area contributed by atoms with Gasteiger partial charge in [-0.25, -0.2) is 4.98 Å². The van der Waals surface area contributed by atoms with Crippen LogP contribution in [0.2, 0.25) is 0 Å². The van der Waals surface area contributed by atoms with Crippen LogP contribution in [-0.2, 0) is 86.4 Å². The lowest BCUT2D eigenvalue weighted by Gasteiger charge is -2.34. The number of imidazole rings is 1. The summed E-state index contributed by atoms with van der Waals surface area (Å²) >= 11 is 0. The van der Waals surface area contributed by atoms with E-state index in [0.29, 0.717) is 47.7 Å². The Morgan fingerprint density at radius 2 is 1.30 bits per heavy atom. The van der Waals surface area contributed by atoms with E-state index in [9.17, 15) is 58.2 Å². The lowest BCUT2D eigenvalue weighted by Crippen LogP contribution is -2.60. The first-order chi connectivity index (χ1) is 51.3. The molecule has 0 saturated carbocycles. The molecule has 0 radical (unpaired) electrons. The number of aliphatic carboxylic acids is 2. The van der Waals surface area contributed by atoms with Gasteiger partial charge in [0, 0.05) is 87.0 Å². The van der Waals surface area contributed by atoms with Gasteiger partial charge in [-0.15, -0.1) is 0 Å². The van der Waals surface area contributed by atoms with Gasteiger partial charge in [-0.2, -0.15) is 0 Å². The van der Waals surface area contributed by atoms with Crippen LogP contribution in [0.1, 0.15) is 101 Å². The van der Waals surface area contributed by atoms with E-state index in [1.165, 1.54) is 22.3 Å². The molecule has 0 bridgehead atoms. The smallest absolute Gasteiger partial charge is 0.305 e. The summed E-state index contributed by atoms with van der Waals surface area (Å²) in [5, 5.41) is 45.4. The van der Waals surface area contributed by atoms with Crippen molar-refractivity contribution >= 4 is 132 Å². The fraction of sp³-hybridized carbons (Fsp3) is 0.486. The Morgan fingerprint density at radius 1 is 0.673 bits per heavy atom. The highest BCUT2D eigenvalue weighted by Crippen LogP contribution is 2.30. The minimum atomic E-state index is -1.70. The Kier molecular flexibility index (Phi) is 30.8. The predicted molar refractivity (Wildman–Crippen MR) is 395 cm³/mol. The third-order valence-electron chi connectivity index (χ3n) is 18.4. The van der Waals surface area contributed by atoms with Crippen molar-refractivity contribution in [1.29, 1.82) is 0 Å². The number of Topliss-reactive ketones (excluding diaryl/α,β-unsaturated/α-hetero) is 1. The Labute approximate surface area is 623 Å². The number of nitrogens with zero attached hydrogens (tertiary/aromatic N) is 4. The molecule has 0 unspecified atom stereocenters. The van der Waals surface area contributed by atoms with E-state index in [-0.39, 0.29) is 101 Å². The molecule has 3 saturated heterocycles. The first kappa shape index (κ1) is 82.0. The number of carbonyl (C=O) groups excluding carboxylic acids is 12. The quantitative estimate of drug-likeness (QED) is 0.0122. The Bertz CT molecular complexity index is 4060. The number of carbonyl (C=O) groups is 14. The van der Waals surface area contributed by atoms with Gasteiger partial charge in [0.2, 0.25) is 65.0 Å². The van der Waals surface area contributed by atoms with Gasteiger partial charge in [-0.1, -0.05) is 82.3 Å². The van der Waals surface area contributed by atoms with Gasteiger partial charge in [0.15, 0.2) is 11.7 Å². The molecular formula is C70H93N19O16S2. The zero-order valence-corrected chi connectivity index (χ0v) is 60.6. The third kappa shape index (κ3) is 24.2. The monoisotopic (exact) mass is 1520 g/mol. The van der Waals surface area contributed by atoms with E-state index < -0.39 is 175 Å². The largest absolute Gasteiger partial charge is 0.481 e. The molecule has 37 heteroatoms. The van der Waals surface area contributed by atoms with Crippen molar-refractivity contribution in [3.05, 3.63) is 102 Å². The SMILES string of the molecule is CC(=O)N[C@@H]1CSSC[C@@H](C(=O)N2CCC[C@H]2C(=O)N2CCC[C@H]2C(=O)[C@H](CCCCN)NC(=O)[C@@H](N)CC(=O)O)NC(=O)CNC(=O)[C@@H](Cc2c[nH]c3ccccc23)NC(=O)[C@H](CCCN=C(N)N)NC(=O)[C@H](Cc2ccc3ccccc3c2)NC(=O)[C@H](Cc2c[nH]cn2)NC(=O)[C@@H](CCC(=O)O)NC1=O. The maximum absolute atomic E-state index is 15.2. The average molecular weight is 1520 g/mol. The van der Waals surface area contributed by atoms with E-state index >= 15 is 19.2 Å². The van der Waals surface area contributed by atoms with Crippen LogP contribution in [0.5, 0.6) is 0 Å². The average Bonchev–Trinajstić information content (AvgIpc) is 1.68. The molecule has 11 atom stereocenters. The summed E-state index contributed by atoms with van der Waals surface area (Å²) in [7, 11) is 1.87. The summed E-state index contributed by atoms with van der Waals surface area (Å²) in [6.45, 7) is 0.615. The molecular weight excluding hydrogens is 1430 g/mol. The molecule has 5 aromatic rings. The lowest BCUT2D eigenvalue weighted by atomic mass is 9.97. The van der Waals surface area contributed by atoms with E-state index in [1.54, 1.807) is 42.6 Å². The van der Waals surface area contributed by atoms with Crippen LogP contribution in [-0.4, -0.2) is 234 Å². The Hall–Kier alpha value is -10.7. The van der Waals surface area contributed by atoms with Crippen molar-refractivity contribution < 1.29 is 77.3 Å². The van der Waals surface area contributed by atoms with E-state index in [1.807, 2.05) is 30.3 Å². The minimum absolute atomic E-state index is 0.00622. The first-order valence-electron chi connectivity index (χ1n) is 35.3. The number of aliphatic imine (C=N–C) groups is 1. The van der Waals surface area contributed by atoms with Crippen LogP contribution in [0.15, 0.2) is 90.4 Å². The number of aromatic nitrogens is 3. The number of guanidine groups is 1. The predicted octanol–water partition coefficient (Wildman–Crippen LogP) is -2.12. The number of carboxylic acid groups (broad SMARTS) is 2. The Morgan fingerprint density at radius 3 is 1.97 bits per heavy atom. The third-order valence-corrected chi connectivity index (χ3v) is 20.8. The zero-order chi connectivity index (χ0) is 77.3. The minimum Gasteiger partial charge on any atom is -0.481 e. The second kappa shape index (κ2) is 40.2. The molecule has 3 aliphatic heterocycles. The zero-order valence-electron chi connectivity index (χ0n) is 59.0. The van der Waals surface area contributed by atoms with E-state index in [2.05, 4.69) is 67.8 Å². The second-order valence-electron chi connectivity index (χ2n) is 26.4. The fourth-order valence-electron chi connectivity index (χ4n) is 13.0. The lowest BCUT2D eigenvalue weighted by molar-refractivity contribution is -0.147. The molecule has 21 N–H and O–H groups in total. The number of fused-ring (bicyclic) bond motifs is 2. The maximum atomic E-state index is 15.2. The highest BCUT2D eigenvalue weighted by molar-refractivity contribution is 8.76. The highest BCUT2D eigenvalue weighted by Gasteiger charge is 2.46. The first-order valence-corrected chi connectivity index (χ1v) is 37.8. The van der Waals surface area contributed by atoms with Crippen molar-refractivity contribution in [1.82, 2.24) is 72.6 Å². The number of amides is 11. The topological polar surface area (TPSA) is 555 Å². The number of H-pyrrole nitrogens is 2. The number of hydrogen-bond donors (Lipinski definition) is 17. The number of hydrogen-bond acceptors (Lipinski definition) is 20. The van der Waals surface area contributed by atoms with Gasteiger partial charge in [0.25, 0.3) is 0 Å². The van der Waals surface area contributed by atoms with E-state index in [4.69, 9.17) is 22.9 Å². The molecule has 3 aliphatic rings. The number of likely N-dealkylation sites (tertiary alicyclic amines) is 2. The summed E-state index contributed by atoms with van der Waals surface area (Å²) < 4.78 is 0. The number of benzene rings is 3. The number of nitrogens with one attached hydrogen (secondary N) is 11. The fourth-order valence-corrected chi connectivity index (χ4v) is 15.3. The normalized spacial score (nSPS) is 22.5. The summed E-state index contributed by atoms with van der Waals surface area (Å²) in [4.78, 5) is 215. The highest BCUT2D eigenvalue weighted by atomic mass is 33.1. The molecule has 3 aromatic carbocycles. The van der Waals surface area contributed by atoms with Gasteiger partial charge >= 0.3 is 11.9 Å². The standard InChI is InChI=1S/C70H93N19O16S2/c1-38(90)80-53-35-106-107-36-54(68(104)89-26-10-18-56(89)69(105)88-25-9-17-55(88)60(96)47(15-6-7-23-71)82-61(97)45(72)31-59(94)95)81-57(91)34-78-62(98)51(29-42-32-77-46-14-5-4-13-44(42)46)86-63(99)48(16-8-24-76-70(73)74)83-65(101)50(28-39-19-20-40-11-2-3-12-41(40)27-39)85-66(102)52(30-43-33-75-37-79-43)87-64(100)49(84-67(53)103)21-22-58(92)93/h2-5,11-14,19-20,27,32-33,37,45,47-56,77H,6-10,15-18,21-26,28-31,34-36,71-72H2,1H3,(H,75,79)(H,78,98)(H,80,90)(H,81,91)(H,82,97)(H,83,101)(H,84,103)(H,85,102)(H,86,99)(H,87,100)(H,92,93)(H,94,95)(H4,73,74,76)/t45-,47-,48-,49+,50-,51+,52-,53+,54-,55-,56-/m0/s1. The van der Waals surface area contributed by atoms with Gasteiger partial charge < -0.3 is 101 Å².